The first-order chi connectivity index (χ1) is 12.6. The first kappa shape index (κ1) is 18.8. The Hall–Kier alpha value is -1.93. The summed E-state index contributed by atoms with van der Waals surface area (Å²) in [6, 6.07) is 17.2. The quantitative estimate of drug-likeness (QED) is 0.671. The van der Waals surface area contributed by atoms with E-state index in [0.29, 0.717) is 12.1 Å². The van der Waals surface area contributed by atoms with E-state index < -0.39 is 0 Å². The second-order valence-corrected chi connectivity index (χ2v) is 7.69. The molecule has 1 saturated heterocycles. The van der Waals surface area contributed by atoms with Crippen molar-refractivity contribution in [2.75, 3.05) is 25.0 Å². The third kappa shape index (κ3) is 5.54. The molecule has 0 spiro atoms. The Bertz CT molecular complexity index is 759. The van der Waals surface area contributed by atoms with Crippen molar-refractivity contribution >= 4 is 40.1 Å². The van der Waals surface area contributed by atoms with Crippen molar-refractivity contribution in [1.82, 2.24) is 10.2 Å². The largest absolute Gasteiger partial charge is 0.349 e. The van der Waals surface area contributed by atoms with Gasteiger partial charge in [-0.15, -0.1) is 0 Å². The van der Waals surface area contributed by atoms with E-state index in [2.05, 4.69) is 38.1 Å². The van der Waals surface area contributed by atoms with Crippen LogP contribution in [0, 0.1) is 3.57 Å². The summed E-state index contributed by atoms with van der Waals surface area (Å²) >= 11 is 2.21. The van der Waals surface area contributed by atoms with Crippen LogP contribution in [-0.4, -0.2) is 42.4 Å². The van der Waals surface area contributed by atoms with Gasteiger partial charge < -0.3 is 10.6 Å². The van der Waals surface area contributed by atoms with Crippen LogP contribution in [0.4, 0.5) is 5.69 Å². The van der Waals surface area contributed by atoms with Crippen molar-refractivity contribution in [3.63, 3.8) is 0 Å². The van der Waals surface area contributed by atoms with E-state index in [0.717, 1.165) is 35.2 Å². The summed E-state index contributed by atoms with van der Waals surface area (Å²) in [6.07, 6.45) is 1.71. The highest BCUT2D eigenvalue weighted by molar-refractivity contribution is 14.1. The number of likely N-dealkylation sites (tertiary alicyclic amines) is 1. The fourth-order valence-corrected chi connectivity index (χ4v) is 3.60. The van der Waals surface area contributed by atoms with E-state index in [1.165, 1.54) is 0 Å². The van der Waals surface area contributed by atoms with Gasteiger partial charge in [0.2, 0.25) is 5.91 Å². The second kappa shape index (κ2) is 9.14. The Morgan fingerprint density at radius 2 is 1.77 bits per heavy atom. The van der Waals surface area contributed by atoms with Gasteiger partial charge in [0, 0.05) is 34.0 Å². The van der Waals surface area contributed by atoms with Crippen LogP contribution in [0.2, 0.25) is 0 Å². The van der Waals surface area contributed by atoms with E-state index in [1.54, 1.807) is 0 Å². The number of carbonyl (C=O) groups is 2. The number of anilines is 1. The number of rotatable bonds is 5. The van der Waals surface area contributed by atoms with Gasteiger partial charge in [-0.05, 0) is 65.8 Å². The normalized spacial score (nSPS) is 15.4. The third-order valence-electron chi connectivity index (χ3n) is 4.43. The molecule has 2 aromatic rings. The maximum atomic E-state index is 12.3. The highest BCUT2D eigenvalue weighted by Gasteiger charge is 2.22. The lowest BCUT2D eigenvalue weighted by Gasteiger charge is -2.31. The highest BCUT2D eigenvalue weighted by Crippen LogP contribution is 2.13. The van der Waals surface area contributed by atoms with Crippen molar-refractivity contribution in [2.24, 2.45) is 0 Å². The highest BCUT2D eigenvalue weighted by atomic mass is 127. The zero-order valence-corrected chi connectivity index (χ0v) is 16.6. The van der Waals surface area contributed by atoms with Crippen LogP contribution >= 0.6 is 22.6 Å². The zero-order chi connectivity index (χ0) is 18.4. The Balaban J connectivity index is 1.42. The van der Waals surface area contributed by atoms with Gasteiger partial charge in [0.1, 0.15) is 0 Å². The predicted octanol–water partition coefficient (Wildman–Crippen LogP) is 3.12. The van der Waals surface area contributed by atoms with Gasteiger partial charge in [0.25, 0.3) is 5.91 Å². The Labute approximate surface area is 167 Å². The lowest BCUT2D eigenvalue weighted by atomic mass is 10.0. The molecule has 2 amide bonds. The molecule has 1 aliphatic rings. The SMILES string of the molecule is O=C(CN1CCC(NC(=O)c2cccc(I)c2)CC1)Nc1ccccc1. The summed E-state index contributed by atoms with van der Waals surface area (Å²) in [4.78, 5) is 26.6. The van der Waals surface area contributed by atoms with Crippen molar-refractivity contribution in [1.29, 1.82) is 0 Å². The number of piperidine rings is 1. The minimum atomic E-state index is -0.0243. The molecule has 0 aliphatic carbocycles. The van der Waals surface area contributed by atoms with Gasteiger partial charge in [0.15, 0.2) is 0 Å². The maximum absolute atomic E-state index is 12.3. The summed E-state index contributed by atoms with van der Waals surface area (Å²) in [5.41, 5.74) is 1.51. The number of nitrogens with one attached hydrogen (secondary N) is 2. The molecule has 1 aliphatic heterocycles. The van der Waals surface area contributed by atoms with Crippen molar-refractivity contribution in [3.05, 3.63) is 63.7 Å². The molecule has 0 unspecified atom stereocenters. The molecule has 0 atom stereocenters. The number of nitrogens with zero attached hydrogens (tertiary/aromatic N) is 1. The summed E-state index contributed by atoms with van der Waals surface area (Å²) < 4.78 is 1.05. The van der Waals surface area contributed by atoms with Crippen LogP contribution in [0.3, 0.4) is 0 Å². The number of hydrogen-bond acceptors (Lipinski definition) is 3. The van der Waals surface area contributed by atoms with Gasteiger partial charge in [-0.3, -0.25) is 14.5 Å². The molecule has 3 rings (SSSR count). The summed E-state index contributed by atoms with van der Waals surface area (Å²) in [6.45, 7) is 1.99. The molecular weight excluding hydrogens is 441 g/mol. The number of halogens is 1. The molecule has 136 valence electrons. The first-order valence-corrected chi connectivity index (χ1v) is 9.82. The fraction of sp³-hybridized carbons (Fsp3) is 0.300. The predicted molar refractivity (Wildman–Crippen MR) is 111 cm³/mol. The van der Waals surface area contributed by atoms with Crippen LogP contribution in [0.5, 0.6) is 0 Å². The van der Waals surface area contributed by atoms with E-state index in [4.69, 9.17) is 0 Å². The van der Waals surface area contributed by atoms with Gasteiger partial charge in [-0.2, -0.15) is 0 Å². The smallest absolute Gasteiger partial charge is 0.251 e. The second-order valence-electron chi connectivity index (χ2n) is 6.45. The minimum Gasteiger partial charge on any atom is -0.349 e. The van der Waals surface area contributed by atoms with Crippen LogP contribution in [-0.2, 0) is 4.79 Å². The van der Waals surface area contributed by atoms with Crippen LogP contribution < -0.4 is 10.6 Å². The summed E-state index contributed by atoms with van der Waals surface area (Å²) in [5.74, 6) is -0.0265. The lowest BCUT2D eigenvalue weighted by molar-refractivity contribution is -0.117. The van der Waals surface area contributed by atoms with E-state index in [-0.39, 0.29) is 17.9 Å². The van der Waals surface area contributed by atoms with Gasteiger partial charge in [0.05, 0.1) is 6.54 Å². The molecular formula is C20H22IN3O2. The van der Waals surface area contributed by atoms with Gasteiger partial charge in [-0.25, -0.2) is 0 Å². The molecule has 0 radical (unpaired) electrons. The zero-order valence-electron chi connectivity index (χ0n) is 14.5. The standard InChI is InChI=1S/C20H22IN3O2/c21-16-6-4-5-15(13-16)20(26)23-18-9-11-24(12-10-18)14-19(25)22-17-7-2-1-3-8-17/h1-8,13,18H,9-12,14H2,(H,22,25)(H,23,26). The molecule has 0 saturated carbocycles. The van der Waals surface area contributed by atoms with E-state index >= 15 is 0 Å². The molecule has 0 aromatic heterocycles. The third-order valence-corrected chi connectivity index (χ3v) is 5.11. The van der Waals surface area contributed by atoms with Crippen molar-refractivity contribution < 1.29 is 9.59 Å². The molecule has 5 nitrogen and oxygen atoms in total. The number of amides is 2. The van der Waals surface area contributed by atoms with E-state index in [9.17, 15) is 9.59 Å². The molecule has 1 fully saturated rings. The van der Waals surface area contributed by atoms with Crippen LogP contribution in [0.15, 0.2) is 54.6 Å². The summed E-state index contributed by atoms with van der Waals surface area (Å²) in [7, 11) is 0. The fourth-order valence-electron chi connectivity index (χ4n) is 3.06. The lowest BCUT2D eigenvalue weighted by Crippen LogP contribution is -2.46. The summed E-state index contributed by atoms with van der Waals surface area (Å²) in [5, 5.41) is 6.01. The number of hydrogen-bond donors (Lipinski definition) is 2. The number of carbonyl (C=O) groups excluding carboxylic acids is 2. The monoisotopic (exact) mass is 463 g/mol. The Morgan fingerprint density at radius 1 is 1.04 bits per heavy atom. The van der Waals surface area contributed by atoms with Gasteiger partial charge in [-0.1, -0.05) is 24.3 Å². The van der Waals surface area contributed by atoms with E-state index in [1.807, 2.05) is 54.6 Å². The average Bonchev–Trinajstić information content (AvgIpc) is 2.64. The van der Waals surface area contributed by atoms with Crippen LogP contribution in [0.25, 0.3) is 0 Å². The van der Waals surface area contributed by atoms with Crippen molar-refractivity contribution in [2.45, 2.75) is 18.9 Å². The van der Waals surface area contributed by atoms with Gasteiger partial charge >= 0.3 is 0 Å². The van der Waals surface area contributed by atoms with Crippen molar-refractivity contribution in [3.8, 4) is 0 Å². The molecule has 0 bridgehead atoms. The Kier molecular flexibility index (Phi) is 6.62. The molecule has 2 aromatic carbocycles. The minimum absolute atomic E-state index is 0.00227. The Morgan fingerprint density at radius 3 is 2.46 bits per heavy atom. The molecule has 26 heavy (non-hydrogen) atoms. The topological polar surface area (TPSA) is 61.4 Å². The average molecular weight is 463 g/mol. The van der Waals surface area contributed by atoms with Crippen LogP contribution in [0.1, 0.15) is 23.2 Å². The molecule has 2 N–H and O–H groups in total. The number of para-hydroxylation sites is 1. The molecule has 6 heteroatoms. The first-order valence-electron chi connectivity index (χ1n) is 8.74. The molecule has 1 heterocycles. The maximum Gasteiger partial charge on any atom is 0.251 e. The number of benzene rings is 2.